The average Bonchev–Trinajstić information content (AvgIpc) is 1.62. The van der Waals surface area contributed by atoms with Crippen molar-refractivity contribution in [3.05, 3.63) is 12.7 Å². The Morgan fingerprint density at radius 1 is 1.60 bits per heavy atom. The van der Waals surface area contributed by atoms with Crippen LogP contribution in [0.1, 0.15) is 6.42 Å². The summed E-state index contributed by atoms with van der Waals surface area (Å²) in [5.41, 5.74) is 0. The van der Waals surface area contributed by atoms with Gasteiger partial charge in [0.05, 0.1) is 6.42 Å². The molecule has 0 aliphatic carbocycles. The lowest BCUT2D eigenvalue weighted by atomic mass is 10.4. The Hall–Kier alpha value is -0.770. The van der Waals surface area contributed by atoms with E-state index in [4.69, 9.17) is 19.5 Å². The number of aliphatic carboxylic acids is 1. The fourth-order valence-electron chi connectivity index (χ4n) is 0.123. The smallest absolute Gasteiger partial charge is 0.481 e. The summed E-state index contributed by atoms with van der Waals surface area (Å²) in [6.45, 7) is 3.22. The minimum atomic E-state index is -2.87. The van der Waals surface area contributed by atoms with Crippen LogP contribution in [-0.2, 0) is 9.36 Å². The van der Waals surface area contributed by atoms with Crippen molar-refractivity contribution in [2.45, 2.75) is 6.42 Å². The summed E-state index contributed by atoms with van der Waals surface area (Å²) in [4.78, 5) is 23.8. The average molecular weight is 167 g/mol. The van der Waals surface area contributed by atoms with Crippen molar-refractivity contribution in [1.29, 1.82) is 0 Å². The lowest BCUT2D eigenvalue weighted by Crippen LogP contribution is -1.88. The van der Waals surface area contributed by atoms with Gasteiger partial charge in [-0.05, 0) is 0 Å². The highest BCUT2D eigenvalue weighted by Crippen LogP contribution is 1.98. The number of hydrogen-bond donors (Lipinski definition) is 3. The highest BCUT2D eigenvalue weighted by Gasteiger charge is 1.93. The van der Waals surface area contributed by atoms with Crippen LogP contribution in [0.25, 0.3) is 0 Å². The van der Waals surface area contributed by atoms with E-state index < -0.39 is 14.2 Å². The van der Waals surface area contributed by atoms with E-state index in [-0.39, 0.29) is 6.42 Å². The van der Waals surface area contributed by atoms with Crippen LogP contribution in [0.3, 0.4) is 0 Å². The first-order valence-electron chi connectivity index (χ1n) is 2.18. The van der Waals surface area contributed by atoms with Crippen LogP contribution in [0.2, 0.25) is 0 Å². The molecule has 3 N–H and O–H groups in total. The van der Waals surface area contributed by atoms with Gasteiger partial charge in [-0.3, -0.25) is 4.79 Å². The zero-order chi connectivity index (χ0) is 8.57. The van der Waals surface area contributed by atoms with E-state index in [0.29, 0.717) is 0 Å². The molecule has 0 heterocycles. The van der Waals surface area contributed by atoms with Crippen LogP contribution in [0.4, 0.5) is 0 Å². The molecular formula is C4H8O5P+. The molecule has 0 radical (unpaired) electrons. The van der Waals surface area contributed by atoms with E-state index in [0.717, 1.165) is 0 Å². The predicted molar refractivity (Wildman–Crippen MR) is 34.5 cm³/mol. The minimum Gasteiger partial charge on any atom is -0.481 e. The van der Waals surface area contributed by atoms with Gasteiger partial charge in [0.1, 0.15) is 0 Å². The third-order valence-electron chi connectivity index (χ3n) is 0.319. The highest BCUT2D eigenvalue weighted by atomic mass is 31.1. The molecule has 0 atom stereocenters. The molecule has 0 unspecified atom stereocenters. The zero-order valence-corrected chi connectivity index (χ0v) is 5.99. The molecule has 0 aromatic heterocycles. The molecule has 0 aliphatic heterocycles. The Morgan fingerprint density at radius 3 is 1.90 bits per heavy atom. The molecule has 6 heteroatoms. The SMILES string of the molecule is C=CCC(=O)O.O=[P+](O)O. The van der Waals surface area contributed by atoms with Gasteiger partial charge in [0, 0.05) is 4.57 Å². The first-order valence-corrected chi connectivity index (χ1v) is 3.35. The van der Waals surface area contributed by atoms with Gasteiger partial charge in [0.2, 0.25) is 0 Å². The van der Waals surface area contributed by atoms with Gasteiger partial charge in [-0.2, -0.15) is 0 Å². The maximum Gasteiger partial charge on any atom is 0.692 e. The third-order valence-corrected chi connectivity index (χ3v) is 0.319. The summed E-state index contributed by atoms with van der Waals surface area (Å²) >= 11 is 0. The molecule has 0 rings (SSSR count). The Labute approximate surface area is 58.6 Å². The molecule has 0 aromatic rings. The Bertz CT molecular complexity index is 128. The van der Waals surface area contributed by atoms with Crippen LogP contribution in [0.5, 0.6) is 0 Å². The zero-order valence-electron chi connectivity index (χ0n) is 5.10. The number of carboxylic acids is 1. The van der Waals surface area contributed by atoms with Crippen LogP contribution in [-0.4, -0.2) is 20.9 Å². The molecule has 0 bridgehead atoms. The monoisotopic (exact) mass is 167 g/mol. The fourth-order valence-corrected chi connectivity index (χ4v) is 0.123. The second-order valence-electron chi connectivity index (χ2n) is 1.14. The van der Waals surface area contributed by atoms with Gasteiger partial charge in [0.25, 0.3) is 0 Å². The molecule has 0 fully saturated rings. The van der Waals surface area contributed by atoms with Gasteiger partial charge >= 0.3 is 14.2 Å². The number of hydrogen-bond acceptors (Lipinski definition) is 2. The topological polar surface area (TPSA) is 94.8 Å². The van der Waals surface area contributed by atoms with Gasteiger partial charge in [-0.15, -0.1) is 16.4 Å². The number of carbonyl (C=O) groups is 1. The third kappa shape index (κ3) is 56.4. The first-order chi connectivity index (χ1) is 4.50. The maximum absolute atomic E-state index is 9.53. The molecule has 58 valence electrons. The molecule has 0 saturated carbocycles. The normalized spacial score (nSPS) is 7.00. The first kappa shape index (κ1) is 12.0. The van der Waals surface area contributed by atoms with Crippen LogP contribution >= 0.6 is 8.25 Å². The number of carboxylic acid groups (broad SMARTS) is 1. The van der Waals surface area contributed by atoms with Crippen molar-refractivity contribution in [2.75, 3.05) is 0 Å². The molecule has 0 spiro atoms. The summed E-state index contributed by atoms with van der Waals surface area (Å²) in [6.07, 6.45) is 1.41. The van der Waals surface area contributed by atoms with Crippen molar-refractivity contribution in [2.24, 2.45) is 0 Å². The van der Waals surface area contributed by atoms with Crippen LogP contribution in [0.15, 0.2) is 12.7 Å². The summed E-state index contributed by atoms with van der Waals surface area (Å²) in [5, 5.41) is 7.84. The maximum atomic E-state index is 9.53. The second-order valence-corrected chi connectivity index (χ2v) is 1.64. The minimum absolute atomic E-state index is 0.0556. The molecule has 5 nitrogen and oxygen atoms in total. The van der Waals surface area contributed by atoms with E-state index in [1.807, 2.05) is 0 Å². The largest absolute Gasteiger partial charge is 0.692 e. The van der Waals surface area contributed by atoms with Crippen molar-refractivity contribution in [3.63, 3.8) is 0 Å². The van der Waals surface area contributed by atoms with Gasteiger partial charge in [0.15, 0.2) is 0 Å². The van der Waals surface area contributed by atoms with Gasteiger partial charge < -0.3 is 5.11 Å². The van der Waals surface area contributed by atoms with E-state index >= 15 is 0 Å². The molecule has 0 saturated heterocycles. The van der Waals surface area contributed by atoms with E-state index in [1.165, 1.54) is 6.08 Å². The van der Waals surface area contributed by atoms with E-state index in [2.05, 4.69) is 6.58 Å². The lowest BCUT2D eigenvalue weighted by molar-refractivity contribution is -0.135. The molecule has 10 heavy (non-hydrogen) atoms. The fraction of sp³-hybridized carbons (Fsp3) is 0.250. The highest BCUT2D eigenvalue weighted by molar-refractivity contribution is 7.30. The van der Waals surface area contributed by atoms with Crippen molar-refractivity contribution >= 4 is 14.2 Å². The summed E-state index contributed by atoms with van der Waals surface area (Å²) in [5.74, 6) is -0.829. The van der Waals surface area contributed by atoms with E-state index in [1.54, 1.807) is 0 Å². The summed E-state index contributed by atoms with van der Waals surface area (Å²) in [6, 6.07) is 0. The van der Waals surface area contributed by atoms with Gasteiger partial charge in [-0.25, -0.2) is 0 Å². The predicted octanol–water partition coefficient (Wildman–Crippen LogP) is 0.275. The Kier molecular flexibility index (Phi) is 9.84. The van der Waals surface area contributed by atoms with Crippen molar-refractivity contribution in [1.82, 2.24) is 0 Å². The molecule has 0 amide bonds. The lowest BCUT2D eigenvalue weighted by Gasteiger charge is -1.75. The van der Waals surface area contributed by atoms with Crippen LogP contribution in [0, 0.1) is 0 Å². The standard InChI is InChI=1S/C4H6O2.HO3P/c1-2-3-4(5)6;1-4(2)3/h2H,1,3H2,(H,5,6);(H-,1,2,3)/p+1. The van der Waals surface area contributed by atoms with Crippen molar-refractivity contribution in [3.8, 4) is 0 Å². The molecule has 0 aromatic carbocycles. The number of rotatable bonds is 2. The quantitative estimate of drug-likeness (QED) is 0.405. The Morgan fingerprint density at radius 2 is 1.90 bits per heavy atom. The molecular weight excluding hydrogens is 159 g/mol. The van der Waals surface area contributed by atoms with Gasteiger partial charge in [-0.1, -0.05) is 6.08 Å². The van der Waals surface area contributed by atoms with Crippen LogP contribution < -0.4 is 0 Å². The Balaban J connectivity index is 0. The second kappa shape index (κ2) is 8.23. The van der Waals surface area contributed by atoms with Crippen molar-refractivity contribution < 1.29 is 24.3 Å². The van der Waals surface area contributed by atoms with E-state index in [9.17, 15) is 4.79 Å². The summed E-state index contributed by atoms with van der Waals surface area (Å²) < 4.78 is 8.70. The summed E-state index contributed by atoms with van der Waals surface area (Å²) in [7, 11) is -2.87. The molecule has 0 aliphatic rings.